The minimum absolute atomic E-state index is 0.0610. The van der Waals surface area contributed by atoms with Crippen molar-refractivity contribution in [2.45, 2.75) is 46.0 Å². The molecule has 0 amide bonds. The number of aromatic nitrogens is 1. The highest BCUT2D eigenvalue weighted by molar-refractivity contribution is 6.16. The average molecular weight is 343 g/mol. The van der Waals surface area contributed by atoms with E-state index >= 15 is 0 Å². The van der Waals surface area contributed by atoms with Gasteiger partial charge in [0.15, 0.2) is 5.78 Å². The summed E-state index contributed by atoms with van der Waals surface area (Å²) in [5, 5.41) is 20.3. The third kappa shape index (κ3) is 2.71. The molecule has 1 aromatic carbocycles. The molecule has 0 spiro atoms. The molecule has 1 saturated carbocycles. The van der Waals surface area contributed by atoms with Gasteiger partial charge in [-0.05, 0) is 37.5 Å². The SMILES string of the molecule is CC(=O)n1c(O)c(C(=O)C2CCCCC2)c2c(C)c(C(=O)O)ccc21. The van der Waals surface area contributed by atoms with E-state index in [1.54, 1.807) is 6.92 Å². The Morgan fingerprint density at radius 1 is 1.12 bits per heavy atom. The van der Waals surface area contributed by atoms with E-state index in [0.717, 1.165) is 36.7 Å². The number of aromatic carboxylic acids is 1. The Morgan fingerprint density at radius 3 is 2.32 bits per heavy atom. The van der Waals surface area contributed by atoms with Gasteiger partial charge in [-0.25, -0.2) is 4.79 Å². The number of ketones is 1. The lowest BCUT2D eigenvalue weighted by Gasteiger charge is -2.20. The van der Waals surface area contributed by atoms with Crippen LogP contribution in [0.2, 0.25) is 0 Å². The highest BCUT2D eigenvalue weighted by atomic mass is 16.4. The standard InChI is InChI=1S/C19H21NO5/c1-10-13(19(24)25)8-9-14-15(10)16(18(23)20(14)11(2)21)17(22)12-6-4-3-5-7-12/h8-9,12,23H,3-7H2,1-2H3,(H,24,25). The summed E-state index contributed by atoms with van der Waals surface area (Å²) in [4.78, 5) is 36.5. The number of benzene rings is 1. The van der Waals surface area contributed by atoms with E-state index in [-0.39, 0.29) is 28.7 Å². The topological polar surface area (TPSA) is 96.6 Å². The molecule has 3 rings (SSSR count). The van der Waals surface area contributed by atoms with Crippen molar-refractivity contribution >= 4 is 28.6 Å². The fourth-order valence-corrected chi connectivity index (χ4v) is 3.89. The van der Waals surface area contributed by atoms with Gasteiger partial charge in [-0.1, -0.05) is 19.3 Å². The third-order valence-electron chi connectivity index (χ3n) is 5.14. The summed E-state index contributed by atoms with van der Waals surface area (Å²) < 4.78 is 1.09. The van der Waals surface area contributed by atoms with Crippen molar-refractivity contribution < 1.29 is 24.6 Å². The lowest BCUT2D eigenvalue weighted by Crippen LogP contribution is -2.18. The number of carbonyl (C=O) groups is 3. The average Bonchev–Trinajstić information content (AvgIpc) is 2.88. The Kier molecular flexibility index (Phi) is 4.37. The highest BCUT2D eigenvalue weighted by Crippen LogP contribution is 2.38. The van der Waals surface area contributed by atoms with Gasteiger partial charge in [0.1, 0.15) is 0 Å². The molecule has 0 bridgehead atoms. The molecular weight excluding hydrogens is 322 g/mol. The van der Waals surface area contributed by atoms with Crippen molar-refractivity contribution in [1.29, 1.82) is 0 Å². The molecule has 2 N–H and O–H groups in total. The van der Waals surface area contributed by atoms with Gasteiger partial charge in [0, 0.05) is 18.2 Å². The first-order valence-electron chi connectivity index (χ1n) is 8.50. The molecule has 1 aliphatic rings. The highest BCUT2D eigenvalue weighted by Gasteiger charge is 2.31. The predicted octanol–water partition coefficient (Wildman–Crippen LogP) is 3.78. The summed E-state index contributed by atoms with van der Waals surface area (Å²) in [6.45, 7) is 2.90. The fourth-order valence-electron chi connectivity index (χ4n) is 3.89. The summed E-state index contributed by atoms with van der Waals surface area (Å²) in [6, 6.07) is 2.87. The van der Waals surface area contributed by atoms with Crippen molar-refractivity contribution in [3.8, 4) is 5.88 Å². The summed E-state index contributed by atoms with van der Waals surface area (Å²) >= 11 is 0. The molecule has 0 unspecified atom stereocenters. The number of Topliss-reactive ketones (excluding diaryl/α,β-unsaturated/α-hetero) is 1. The van der Waals surface area contributed by atoms with E-state index in [1.807, 2.05) is 0 Å². The van der Waals surface area contributed by atoms with E-state index in [0.29, 0.717) is 16.5 Å². The molecule has 0 saturated heterocycles. The lowest BCUT2D eigenvalue weighted by molar-refractivity contribution is 0.0695. The second kappa shape index (κ2) is 6.35. The van der Waals surface area contributed by atoms with E-state index in [1.165, 1.54) is 19.1 Å². The Balaban J connectivity index is 2.30. The summed E-state index contributed by atoms with van der Waals surface area (Å²) in [6.07, 6.45) is 4.52. The fraction of sp³-hybridized carbons (Fsp3) is 0.421. The van der Waals surface area contributed by atoms with Crippen molar-refractivity contribution in [3.05, 3.63) is 28.8 Å². The summed E-state index contributed by atoms with van der Waals surface area (Å²) in [7, 11) is 0. The predicted molar refractivity (Wildman–Crippen MR) is 92.5 cm³/mol. The van der Waals surface area contributed by atoms with Gasteiger partial charge in [0.05, 0.1) is 16.6 Å². The van der Waals surface area contributed by atoms with Crippen molar-refractivity contribution in [2.24, 2.45) is 5.92 Å². The maximum atomic E-state index is 13.1. The smallest absolute Gasteiger partial charge is 0.335 e. The first kappa shape index (κ1) is 17.2. The van der Waals surface area contributed by atoms with Gasteiger partial charge in [-0.2, -0.15) is 0 Å². The number of aryl methyl sites for hydroxylation is 1. The maximum Gasteiger partial charge on any atom is 0.335 e. The zero-order valence-corrected chi connectivity index (χ0v) is 14.3. The van der Waals surface area contributed by atoms with Crippen molar-refractivity contribution in [1.82, 2.24) is 4.57 Å². The monoisotopic (exact) mass is 343 g/mol. The number of nitrogens with zero attached hydrogens (tertiary/aromatic N) is 1. The summed E-state index contributed by atoms with van der Waals surface area (Å²) in [5.41, 5.74) is 0.898. The van der Waals surface area contributed by atoms with Crippen molar-refractivity contribution in [3.63, 3.8) is 0 Å². The number of carboxylic acids is 1. The van der Waals surface area contributed by atoms with Crippen LogP contribution in [0.1, 0.15) is 70.1 Å². The molecular formula is C19H21NO5. The zero-order chi connectivity index (χ0) is 18.3. The van der Waals surface area contributed by atoms with Crippen LogP contribution in [0.4, 0.5) is 0 Å². The van der Waals surface area contributed by atoms with Crippen LogP contribution in [0.5, 0.6) is 5.88 Å². The third-order valence-corrected chi connectivity index (χ3v) is 5.14. The number of fused-ring (bicyclic) bond motifs is 1. The van der Waals surface area contributed by atoms with Crippen LogP contribution in [0.3, 0.4) is 0 Å². The van der Waals surface area contributed by atoms with Crippen LogP contribution >= 0.6 is 0 Å². The number of carbonyl (C=O) groups excluding carboxylic acids is 2. The number of aromatic hydroxyl groups is 1. The van der Waals surface area contributed by atoms with Crippen LogP contribution in [-0.4, -0.2) is 32.4 Å². The zero-order valence-electron chi connectivity index (χ0n) is 14.3. The van der Waals surface area contributed by atoms with E-state index in [2.05, 4.69) is 0 Å². The van der Waals surface area contributed by atoms with E-state index in [4.69, 9.17) is 0 Å². The summed E-state index contributed by atoms with van der Waals surface area (Å²) in [5.74, 6) is -2.31. The number of rotatable bonds is 3. The van der Waals surface area contributed by atoms with Crippen LogP contribution < -0.4 is 0 Å². The minimum Gasteiger partial charge on any atom is -0.494 e. The normalized spacial score (nSPS) is 15.4. The van der Waals surface area contributed by atoms with Gasteiger partial charge < -0.3 is 10.2 Å². The van der Waals surface area contributed by atoms with Gasteiger partial charge in [0.2, 0.25) is 11.8 Å². The Bertz CT molecular complexity index is 887. The molecule has 1 fully saturated rings. The first-order chi connectivity index (χ1) is 11.8. The van der Waals surface area contributed by atoms with Gasteiger partial charge in [0.25, 0.3) is 0 Å². The largest absolute Gasteiger partial charge is 0.494 e. The molecule has 0 atom stereocenters. The van der Waals surface area contributed by atoms with Crippen LogP contribution in [0.25, 0.3) is 10.9 Å². The van der Waals surface area contributed by atoms with Gasteiger partial charge in [-0.15, -0.1) is 0 Å². The second-order valence-electron chi connectivity index (χ2n) is 6.69. The molecule has 1 heterocycles. The Labute approximate surface area is 145 Å². The maximum absolute atomic E-state index is 13.1. The van der Waals surface area contributed by atoms with Crippen molar-refractivity contribution in [2.75, 3.05) is 0 Å². The molecule has 132 valence electrons. The van der Waals surface area contributed by atoms with Crippen LogP contribution in [0, 0.1) is 12.8 Å². The molecule has 0 radical (unpaired) electrons. The molecule has 6 nitrogen and oxygen atoms in total. The molecule has 2 aromatic rings. The molecule has 6 heteroatoms. The first-order valence-corrected chi connectivity index (χ1v) is 8.50. The van der Waals surface area contributed by atoms with Gasteiger partial charge in [-0.3, -0.25) is 14.2 Å². The molecule has 1 aliphatic carbocycles. The minimum atomic E-state index is -1.11. The second-order valence-corrected chi connectivity index (χ2v) is 6.69. The molecule has 0 aliphatic heterocycles. The van der Waals surface area contributed by atoms with Crippen LogP contribution in [-0.2, 0) is 0 Å². The number of hydrogen-bond acceptors (Lipinski definition) is 4. The van der Waals surface area contributed by atoms with E-state index < -0.39 is 11.9 Å². The Hall–Kier alpha value is -2.63. The lowest BCUT2D eigenvalue weighted by atomic mass is 9.83. The van der Waals surface area contributed by atoms with E-state index in [9.17, 15) is 24.6 Å². The van der Waals surface area contributed by atoms with Gasteiger partial charge >= 0.3 is 5.97 Å². The quantitative estimate of drug-likeness (QED) is 0.827. The number of carboxylic acid groups (broad SMARTS) is 1. The number of hydrogen-bond donors (Lipinski definition) is 2. The Morgan fingerprint density at radius 2 is 1.76 bits per heavy atom. The van der Waals surface area contributed by atoms with Crippen LogP contribution in [0.15, 0.2) is 12.1 Å². The molecule has 1 aromatic heterocycles. The molecule has 25 heavy (non-hydrogen) atoms.